The molecule has 2 aliphatic rings. The zero-order chi connectivity index (χ0) is 16.0. The van der Waals surface area contributed by atoms with Gasteiger partial charge in [-0.05, 0) is 51.4 Å². The summed E-state index contributed by atoms with van der Waals surface area (Å²) >= 11 is 0. The van der Waals surface area contributed by atoms with E-state index in [4.69, 9.17) is 18.6 Å². The molecule has 0 aromatic carbocycles. The van der Waals surface area contributed by atoms with E-state index >= 15 is 0 Å². The Balaban J connectivity index is 0.000000309. The topological polar surface area (TPSA) is 101 Å². The van der Waals surface area contributed by atoms with Gasteiger partial charge in [-0.3, -0.25) is 0 Å². The van der Waals surface area contributed by atoms with Crippen molar-refractivity contribution in [3.8, 4) is 0 Å². The normalized spacial score (nSPS) is 21.3. The lowest BCUT2D eigenvalue weighted by Crippen LogP contribution is -2.68. The van der Waals surface area contributed by atoms with Crippen LogP contribution in [0.2, 0.25) is 0 Å². The maximum atomic E-state index is 8.49. The van der Waals surface area contributed by atoms with Crippen molar-refractivity contribution in [2.75, 3.05) is 0 Å². The lowest BCUT2D eigenvalue weighted by atomic mass is 9.95. The van der Waals surface area contributed by atoms with Crippen LogP contribution in [0.15, 0.2) is 18.7 Å². The number of imidazole rings is 1. The molecule has 7 heteroatoms. The summed E-state index contributed by atoms with van der Waals surface area (Å²) in [5.74, 6) is 0. The Kier molecular flexibility index (Phi) is 6.65. The number of hydrogen-bond acceptors (Lipinski definition) is 4. The highest BCUT2D eigenvalue weighted by molar-refractivity contribution is 4.78. The van der Waals surface area contributed by atoms with Gasteiger partial charge < -0.3 is 0 Å². The van der Waals surface area contributed by atoms with E-state index in [1.807, 2.05) is 0 Å². The highest BCUT2D eigenvalue weighted by atomic mass is 35.7. The molecule has 2 fully saturated rings. The van der Waals surface area contributed by atoms with Gasteiger partial charge in [-0.2, -0.15) is 0 Å². The second-order valence-corrected chi connectivity index (χ2v) is 7.03. The zero-order valence-corrected chi connectivity index (χ0v) is 13.6. The molecule has 1 aromatic heterocycles. The largest absolute Gasteiger partial charge is 0.244 e. The molecular formula is C15H25ClN2O4. The first-order valence-corrected chi connectivity index (χ1v) is 9.37. The molecule has 126 valence electrons. The average molecular weight is 333 g/mol. The van der Waals surface area contributed by atoms with Crippen molar-refractivity contribution in [3.63, 3.8) is 0 Å². The van der Waals surface area contributed by atoms with E-state index in [0.717, 1.165) is 12.1 Å². The Hall–Kier alpha value is -0.660. The summed E-state index contributed by atoms with van der Waals surface area (Å²) < 4.78 is 38.9. The summed E-state index contributed by atoms with van der Waals surface area (Å²) in [4.78, 5) is 0. The summed E-state index contributed by atoms with van der Waals surface area (Å²) in [5, 5.41) is 0. The maximum Gasteiger partial charge on any atom is 0.244 e. The Morgan fingerprint density at radius 3 is 1.86 bits per heavy atom. The lowest BCUT2D eigenvalue weighted by Gasteiger charge is -2.20. The van der Waals surface area contributed by atoms with Crippen LogP contribution in [-0.4, -0.2) is 4.57 Å². The van der Waals surface area contributed by atoms with Gasteiger partial charge >= 0.3 is 0 Å². The Morgan fingerprint density at radius 2 is 1.32 bits per heavy atom. The molecule has 0 radical (unpaired) electrons. The molecule has 6 nitrogen and oxygen atoms in total. The van der Waals surface area contributed by atoms with Crippen LogP contribution in [0.5, 0.6) is 0 Å². The van der Waals surface area contributed by atoms with Gasteiger partial charge in [0.15, 0.2) is 0 Å². The average Bonchev–Trinajstić information content (AvgIpc) is 2.97. The second kappa shape index (κ2) is 8.26. The molecular weight excluding hydrogens is 308 g/mol. The van der Waals surface area contributed by atoms with Gasteiger partial charge in [-0.1, -0.05) is 12.8 Å². The van der Waals surface area contributed by atoms with Gasteiger partial charge in [-0.15, -0.1) is 10.2 Å². The van der Waals surface area contributed by atoms with E-state index in [9.17, 15) is 0 Å². The molecule has 0 aliphatic heterocycles. The van der Waals surface area contributed by atoms with E-state index in [2.05, 4.69) is 27.9 Å². The van der Waals surface area contributed by atoms with Crippen LogP contribution in [-0.2, 0) is 0 Å². The predicted molar refractivity (Wildman–Crippen MR) is 68.9 cm³/mol. The molecule has 0 bridgehead atoms. The third kappa shape index (κ3) is 6.22. The molecule has 0 saturated heterocycles. The molecule has 0 N–H and O–H groups in total. The van der Waals surface area contributed by atoms with Gasteiger partial charge in [0.2, 0.25) is 6.33 Å². The number of rotatable bonds is 2. The van der Waals surface area contributed by atoms with Crippen molar-refractivity contribution in [1.29, 1.82) is 0 Å². The number of hydrogen-bond donors (Lipinski definition) is 0. The fourth-order valence-corrected chi connectivity index (χ4v) is 3.58. The number of halogens is 1. The van der Waals surface area contributed by atoms with Crippen molar-refractivity contribution in [3.05, 3.63) is 18.7 Å². The highest BCUT2D eigenvalue weighted by Crippen LogP contribution is 2.28. The SMILES string of the molecule is [O-][Cl+3]([O-])([O-])[O-].c1c[n+](C2CCCCC2)cn1C1CCCCC1. The molecule has 22 heavy (non-hydrogen) atoms. The summed E-state index contributed by atoms with van der Waals surface area (Å²) in [6, 6.07) is 1.57. The lowest BCUT2D eigenvalue weighted by molar-refractivity contribution is -2.00. The monoisotopic (exact) mass is 332 g/mol. The fraction of sp³-hybridized carbons (Fsp3) is 0.800. The van der Waals surface area contributed by atoms with E-state index in [1.165, 1.54) is 64.2 Å². The molecule has 1 aromatic rings. The van der Waals surface area contributed by atoms with Crippen molar-refractivity contribution < 1.29 is 33.4 Å². The first-order chi connectivity index (χ1) is 10.4. The van der Waals surface area contributed by atoms with Crippen molar-refractivity contribution >= 4 is 0 Å². The Bertz CT molecular complexity index is 396. The number of nitrogens with zero attached hydrogens (tertiary/aromatic N) is 2. The molecule has 0 unspecified atom stereocenters. The van der Waals surface area contributed by atoms with Crippen LogP contribution in [0.1, 0.15) is 76.3 Å². The van der Waals surface area contributed by atoms with Gasteiger partial charge in [-0.25, -0.2) is 27.8 Å². The van der Waals surface area contributed by atoms with Gasteiger partial charge in [0.25, 0.3) is 0 Å². The van der Waals surface area contributed by atoms with Crippen LogP contribution < -0.4 is 23.2 Å². The molecule has 0 amide bonds. The molecule has 0 spiro atoms. The third-order valence-corrected chi connectivity index (χ3v) is 4.67. The van der Waals surface area contributed by atoms with E-state index < -0.39 is 10.2 Å². The standard InChI is InChI=1S/C15H25N2.ClHO4/c1-3-7-14(8-4-1)16-11-12-17(13-16)15-9-5-2-6-10-15;2-1(3,4)5/h11-15H,1-10H2;(H,2,3,4,5)/q+1;/p-1. The van der Waals surface area contributed by atoms with E-state index in [0.29, 0.717) is 0 Å². The molecule has 0 atom stereocenters. The highest BCUT2D eigenvalue weighted by Gasteiger charge is 2.23. The maximum absolute atomic E-state index is 8.49. The Labute approximate surface area is 133 Å². The fourth-order valence-electron chi connectivity index (χ4n) is 3.58. The quantitative estimate of drug-likeness (QED) is 0.650. The second-order valence-electron chi connectivity index (χ2n) is 6.27. The van der Waals surface area contributed by atoms with Gasteiger partial charge in [0, 0.05) is 0 Å². The predicted octanol–water partition coefficient (Wildman–Crippen LogP) is -0.970. The van der Waals surface area contributed by atoms with Crippen LogP contribution >= 0.6 is 0 Å². The minimum atomic E-state index is -4.94. The van der Waals surface area contributed by atoms with E-state index in [-0.39, 0.29) is 0 Å². The summed E-state index contributed by atoms with van der Waals surface area (Å²) in [7, 11) is -4.94. The smallest absolute Gasteiger partial charge is 0.234 e. The van der Waals surface area contributed by atoms with E-state index in [1.54, 1.807) is 0 Å². The molecule has 2 saturated carbocycles. The minimum absolute atomic E-state index is 0.786. The molecule has 1 heterocycles. The number of aromatic nitrogens is 2. The minimum Gasteiger partial charge on any atom is -0.234 e. The summed E-state index contributed by atoms with van der Waals surface area (Å²) in [5.41, 5.74) is 0. The van der Waals surface area contributed by atoms with Crippen molar-refractivity contribution in [2.45, 2.75) is 76.3 Å². The van der Waals surface area contributed by atoms with Crippen LogP contribution in [0, 0.1) is 10.2 Å². The molecule has 3 rings (SSSR count). The van der Waals surface area contributed by atoms with Crippen LogP contribution in [0.3, 0.4) is 0 Å². The van der Waals surface area contributed by atoms with Crippen LogP contribution in [0.4, 0.5) is 0 Å². The first kappa shape index (κ1) is 17.7. The summed E-state index contributed by atoms with van der Waals surface area (Å²) in [6.45, 7) is 0. The summed E-state index contributed by atoms with van der Waals surface area (Å²) in [6.07, 6.45) is 21.1. The first-order valence-electron chi connectivity index (χ1n) is 8.13. The third-order valence-electron chi connectivity index (χ3n) is 4.67. The van der Waals surface area contributed by atoms with Gasteiger partial charge in [0.1, 0.15) is 24.5 Å². The molecule has 2 aliphatic carbocycles. The Morgan fingerprint density at radius 1 is 0.818 bits per heavy atom. The van der Waals surface area contributed by atoms with Crippen molar-refractivity contribution in [1.82, 2.24) is 4.57 Å². The zero-order valence-electron chi connectivity index (χ0n) is 12.9. The van der Waals surface area contributed by atoms with Crippen molar-refractivity contribution in [2.24, 2.45) is 0 Å². The van der Waals surface area contributed by atoms with Gasteiger partial charge in [0.05, 0.1) is 0 Å². The van der Waals surface area contributed by atoms with Crippen LogP contribution in [0.25, 0.3) is 0 Å².